The van der Waals surface area contributed by atoms with Crippen molar-refractivity contribution in [3.05, 3.63) is 49.5 Å². The third kappa shape index (κ3) is 1.85. The van der Waals surface area contributed by atoms with E-state index < -0.39 is 0 Å². The summed E-state index contributed by atoms with van der Waals surface area (Å²) in [5.41, 5.74) is 0.664. The first kappa shape index (κ1) is 11.8. The molecule has 4 nitrogen and oxygen atoms in total. The lowest BCUT2D eigenvalue weighted by Crippen LogP contribution is -2.22. The highest BCUT2D eigenvalue weighted by molar-refractivity contribution is 14.1. The van der Waals surface area contributed by atoms with Gasteiger partial charge in [-0.05, 0) is 47.7 Å². The first-order chi connectivity index (χ1) is 8.66. The fraction of sp³-hybridized carbons (Fsp3) is 0.0833. The molecule has 1 aromatic carbocycles. The summed E-state index contributed by atoms with van der Waals surface area (Å²) in [5.74, 6) is 0.656. The number of benzene rings is 1. The van der Waals surface area contributed by atoms with E-state index in [1.165, 1.54) is 11.3 Å². The van der Waals surface area contributed by atoms with E-state index in [1.807, 2.05) is 30.5 Å². The summed E-state index contributed by atoms with van der Waals surface area (Å²) in [4.78, 5) is 21.1. The van der Waals surface area contributed by atoms with Crippen LogP contribution in [0.15, 0.2) is 34.6 Å². The lowest BCUT2D eigenvalue weighted by molar-refractivity contribution is 0.884. The van der Waals surface area contributed by atoms with Crippen molar-refractivity contribution >= 4 is 44.8 Å². The summed E-state index contributed by atoms with van der Waals surface area (Å²) in [6.07, 6.45) is 1.69. The molecule has 0 saturated carbocycles. The lowest BCUT2D eigenvalue weighted by Gasteiger charge is -2.07. The standard InChI is InChI=1S/C12H8IN3OS/c1-7-15-10-3-2-8(13)6-9(10)11(17)16(7)12-14-4-5-18-12/h2-6H,1H3. The molecule has 0 unspecified atom stereocenters. The fourth-order valence-electron chi connectivity index (χ4n) is 1.82. The maximum atomic E-state index is 12.5. The molecule has 3 rings (SSSR count). The Kier molecular flexibility index (Phi) is 2.90. The Morgan fingerprint density at radius 2 is 2.22 bits per heavy atom. The molecule has 0 aliphatic rings. The van der Waals surface area contributed by atoms with Gasteiger partial charge in [-0.25, -0.2) is 14.5 Å². The number of aromatic nitrogens is 3. The maximum absolute atomic E-state index is 12.5. The molecule has 0 spiro atoms. The lowest BCUT2D eigenvalue weighted by atomic mass is 10.2. The molecule has 0 amide bonds. The van der Waals surface area contributed by atoms with Gasteiger partial charge in [0.25, 0.3) is 5.56 Å². The summed E-state index contributed by atoms with van der Waals surface area (Å²) in [7, 11) is 0. The van der Waals surface area contributed by atoms with Crippen LogP contribution in [0.3, 0.4) is 0 Å². The largest absolute Gasteiger partial charge is 0.268 e. The van der Waals surface area contributed by atoms with Crippen molar-refractivity contribution in [1.29, 1.82) is 0 Å². The Morgan fingerprint density at radius 3 is 2.94 bits per heavy atom. The molecule has 0 fully saturated rings. The van der Waals surface area contributed by atoms with Gasteiger partial charge in [-0.15, -0.1) is 11.3 Å². The van der Waals surface area contributed by atoms with Gasteiger partial charge in [-0.1, -0.05) is 0 Å². The normalized spacial score (nSPS) is 11.0. The van der Waals surface area contributed by atoms with Gasteiger partial charge < -0.3 is 0 Å². The van der Waals surface area contributed by atoms with Crippen molar-refractivity contribution in [2.45, 2.75) is 6.92 Å². The van der Waals surface area contributed by atoms with Crippen molar-refractivity contribution in [2.75, 3.05) is 0 Å². The fourth-order valence-corrected chi connectivity index (χ4v) is 3.00. The topological polar surface area (TPSA) is 47.8 Å². The quantitative estimate of drug-likeness (QED) is 0.620. The smallest absolute Gasteiger partial charge is 0.267 e. The maximum Gasteiger partial charge on any atom is 0.267 e. The Labute approximate surface area is 120 Å². The van der Waals surface area contributed by atoms with Crippen LogP contribution in [0.1, 0.15) is 5.82 Å². The molecule has 3 aromatic rings. The van der Waals surface area contributed by atoms with E-state index in [4.69, 9.17) is 0 Å². The Morgan fingerprint density at radius 1 is 1.39 bits per heavy atom. The van der Waals surface area contributed by atoms with Crippen LogP contribution < -0.4 is 5.56 Å². The average Bonchev–Trinajstić information content (AvgIpc) is 2.84. The molecule has 90 valence electrons. The highest BCUT2D eigenvalue weighted by atomic mass is 127. The minimum atomic E-state index is -0.0639. The zero-order valence-corrected chi connectivity index (χ0v) is 12.4. The highest BCUT2D eigenvalue weighted by Gasteiger charge is 2.11. The van der Waals surface area contributed by atoms with E-state index in [0.29, 0.717) is 16.3 Å². The predicted molar refractivity (Wildman–Crippen MR) is 80.5 cm³/mol. The molecule has 0 atom stereocenters. The number of aryl methyl sites for hydroxylation is 1. The Balaban J connectivity index is 2.43. The van der Waals surface area contributed by atoms with Gasteiger partial charge in [-0.2, -0.15) is 0 Å². The molecule has 6 heteroatoms. The molecule has 0 aliphatic carbocycles. The zero-order chi connectivity index (χ0) is 12.7. The number of nitrogens with zero attached hydrogens (tertiary/aromatic N) is 3. The first-order valence-electron chi connectivity index (χ1n) is 5.25. The first-order valence-corrected chi connectivity index (χ1v) is 7.21. The third-order valence-corrected chi connectivity index (χ3v) is 4.04. The summed E-state index contributed by atoms with van der Waals surface area (Å²) in [6.45, 7) is 1.82. The Bertz CT molecular complexity index is 780. The molecule has 0 radical (unpaired) electrons. The van der Waals surface area contributed by atoms with Crippen molar-refractivity contribution in [2.24, 2.45) is 0 Å². The monoisotopic (exact) mass is 369 g/mol. The number of hydrogen-bond donors (Lipinski definition) is 0. The second kappa shape index (κ2) is 4.43. The van der Waals surface area contributed by atoms with E-state index in [9.17, 15) is 4.79 Å². The summed E-state index contributed by atoms with van der Waals surface area (Å²) in [5, 5.41) is 3.13. The molecule has 0 N–H and O–H groups in total. The molecule has 0 aliphatic heterocycles. The van der Waals surface area contributed by atoms with Gasteiger partial charge in [-0.3, -0.25) is 4.79 Å². The SMILES string of the molecule is Cc1nc2ccc(I)cc2c(=O)n1-c1nccs1. The van der Waals surface area contributed by atoms with Crippen molar-refractivity contribution in [3.8, 4) is 5.13 Å². The Hall–Kier alpha value is -1.28. The molecular formula is C12H8IN3OS. The third-order valence-electron chi connectivity index (χ3n) is 2.61. The summed E-state index contributed by atoms with van der Waals surface area (Å²) < 4.78 is 2.58. The summed E-state index contributed by atoms with van der Waals surface area (Å²) in [6, 6.07) is 5.68. The van der Waals surface area contributed by atoms with Gasteiger partial charge in [0.1, 0.15) is 5.82 Å². The van der Waals surface area contributed by atoms with E-state index in [1.54, 1.807) is 10.8 Å². The minimum absolute atomic E-state index is 0.0639. The minimum Gasteiger partial charge on any atom is -0.268 e. The van der Waals surface area contributed by atoms with E-state index >= 15 is 0 Å². The van der Waals surface area contributed by atoms with Gasteiger partial charge >= 0.3 is 0 Å². The van der Waals surface area contributed by atoms with Crippen molar-refractivity contribution < 1.29 is 0 Å². The summed E-state index contributed by atoms with van der Waals surface area (Å²) >= 11 is 3.62. The number of fused-ring (bicyclic) bond motifs is 1. The number of hydrogen-bond acceptors (Lipinski definition) is 4. The molecule has 18 heavy (non-hydrogen) atoms. The molecule has 2 aromatic heterocycles. The van der Waals surface area contributed by atoms with Gasteiger partial charge in [0.2, 0.25) is 0 Å². The molecule has 2 heterocycles. The average molecular weight is 369 g/mol. The zero-order valence-electron chi connectivity index (χ0n) is 9.42. The molecular weight excluding hydrogens is 361 g/mol. The number of rotatable bonds is 1. The van der Waals surface area contributed by atoms with Crippen LogP contribution in [0.5, 0.6) is 0 Å². The van der Waals surface area contributed by atoms with E-state index in [-0.39, 0.29) is 5.56 Å². The second-order valence-electron chi connectivity index (χ2n) is 3.78. The van der Waals surface area contributed by atoms with Crippen molar-refractivity contribution in [3.63, 3.8) is 0 Å². The highest BCUT2D eigenvalue weighted by Crippen LogP contribution is 2.16. The number of halogens is 1. The van der Waals surface area contributed by atoms with Crippen LogP contribution in [0.4, 0.5) is 0 Å². The van der Waals surface area contributed by atoms with Crippen LogP contribution >= 0.6 is 33.9 Å². The number of thiazole rings is 1. The van der Waals surface area contributed by atoms with Crippen molar-refractivity contribution in [1.82, 2.24) is 14.5 Å². The molecule has 0 bridgehead atoms. The second-order valence-corrected chi connectivity index (χ2v) is 5.89. The van der Waals surface area contributed by atoms with Gasteiger partial charge in [0.15, 0.2) is 5.13 Å². The van der Waals surface area contributed by atoms with Crippen LogP contribution in [-0.4, -0.2) is 14.5 Å². The van der Waals surface area contributed by atoms with E-state index in [0.717, 1.165) is 9.09 Å². The van der Waals surface area contributed by atoms with Crippen LogP contribution in [0, 0.1) is 10.5 Å². The molecule has 0 saturated heterocycles. The van der Waals surface area contributed by atoms with Gasteiger partial charge in [0.05, 0.1) is 10.9 Å². The van der Waals surface area contributed by atoms with E-state index in [2.05, 4.69) is 32.6 Å². The van der Waals surface area contributed by atoms with Gasteiger partial charge in [0, 0.05) is 15.1 Å². The predicted octanol–water partition coefficient (Wildman–Crippen LogP) is 2.76. The van der Waals surface area contributed by atoms with Crippen LogP contribution in [-0.2, 0) is 0 Å². The van der Waals surface area contributed by atoms with Crippen LogP contribution in [0.25, 0.3) is 16.0 Å². The van der Waals surface area contributed by atoms with Crippen LogP contribution in [0.2, 0.25) is 0 Å².